The second kappa shape index (κ2) is 7.31. The predicted molar refractivity (Wildman–Crippen MR) is 105 cm³/mol. The van der Waals surface area contributed by atoms with Crippen molar-refractivity contribution < 1.29 is 14.6 Å². The van der Waals surface area contributed by atoms with Crippen LogP contribution < -0.4 is 10.1 Å². The van der Waals surface area contributed by atoms with Gasteiger partial charge in [-0.3, -0.25) is 4.79 Å². The van der Waals surface area contributed by atoms with Crippen molar-refractivity contribution in [3.05, 3.63) is 83.7 Å². The van der Waals surface area contributed by atoms with Crippen molar-refractivity contribution in [2.24, 2.45) is 0 Å². The van der Waals surface area contributed by atoms with Gasteiger partial charge in [0.1, 0.15) is 11.5 Å². The van der Waals surface area contributed by atoms with E-state index >= 15 is 0 Å². The summed E-state index contributed by atoms with van der Waals surface area (Å²) in [6.45, 7) is 7.46. The van der Waals surface area contributed by atoms with Crippen LogP contribution in [0.1, 0.15) is 27.0 Å². The van der Waals surface area contributed by atoms with Gasteiger partial charge in [0.2, 0.25) is 5.78 Å². The molecule has 0 aromatic heterocycles. The molecule has 2 aromatic carbocycles. The van der Waals surface area contributed by atoms with E-state index in [2.05, 4.69) is 18.5 Å². The number of hydrogen-bond donors (Lipinski definition) is 2. The quantitative estimate of drug-likeness (QED) is 0.596. The summed E-state index contributed by atoms with van der Waals surface area (Å²) in [7, 11) is 1.81. The standard InChI is InChI=1S/C22H21NO3/c1-4-6-15-10-14(11-16(7-5-2)21(15)24)12-20-22(25)18-9-8-17(23-3)13-19(18)26-20/h4-5,8-13,23-24H,1-2,6-7H2,3H3. The number of anilines is 1. The fraction of sp³-hybridized carbons (Fsp3) is 0.136. The van der Waals surface area contributed by atoms with E-state index in [0.717, 1.165) is 22.4 Å². The highest BCUT2D eigenvalue weighted by Crippen LogP contribution is 2.35. The van der Waals surface area contributed by atoms with Gasteiger partial charge in [0, 0.05) is 18.8 Å². The minimum atomic E-state index is -0.147. The Morgan fingerprint density at radius 2 is 1.77 bits per heavy atom. The van der Waals surface area contributed by atoms with Gasteiger partial charge in [-0.15, -0.1) is 13.2 Å². The predicted octanol–water partition coefficient (Wildman–Crippen LogP) is 4.51. The van der Waals surface area contributed by atoms with E-state index < -0.39 is 0 Å². The lowest BCUT2D eigenvalue weighted by atomic mass is 9.98. The van der Waals surface area contributed by atoms with Crippen LogP contribution in [0.2, 0.25) is 0 Å². The van der Waals surface area contributed by atoms with Crippen LogP contribution in [0, 0.1) is 0 Å². The zero-order chi connectivity index (χ0) is 18.7. The van der Waals surface area contributed by atoms with E-state index in [9.17, 15) is 9.90 Å². The number of phenols is 1. The maximum Gasteiger partial charge on any atom is 0.231 e. The molecule has 0 atom stereocenters. The number of Topliss-reactive ketones (excluding diaryl/α,β-unsaturated/α-hetero) is 1. The molecule has 0 spiro atoms. The van der Waals surface area contributed by atoms with Gasteiger partial charge in [0.05, 0.1) is 5.56 Å². The summed E-state index contributed by atoms with van der Waals surface area (Å²) in [6, 6.07) is 9.09. The first kappa shape index (κ1) is 17.5. The first-order chi connectivity index (χ1) is 12.6. The maximum atomic E-state index is 12.6. The van der Waals surface area contributed by atoms with Gasteiger partial charge in [-0.25, -0.2) is 0 Å². The van der Waals surface area contributed by atoms with Crippen molar-refractivity contribution >= 4 is 17.5 Å². The van der Waals surface area contributed by atoms with Crippen molar-refractivity contribution in [1.29, 1.82) is 0 Å². The Morgan fingerprint density at radius 3 is 2.35 bits per heavy atom. The van der Waals surface area contributed by atoms with Crippen molar-refractivity contribution in [3.8, 4) is 11.5 Å². The van der Waals surface area contributed by atoms with Crippen LogP contribution in [0.15, 0.2) is 61.4 Å². The van der Waals surface area contributed by atoms with Crippen LogP contribution >= 0.6 is 0 Å². The Bertz CT molecular complexity index is 894. The molecule has 1 aliphatic rings. The molecule has 2 N–H and O–H groups in total. The van der Waals surface area contributed by atoms with Gasteiger partial charge < -0.3 is 15.2 Å². The second-order valence-corrected chi connectivity index (χ2v) is 6.07. The van der Waals surface area contributed by atoms with Crippen molar-refractivity contribution in [2.75, 3.05) is 12.4 Å². The van der Waals surface area contributed by atoms with Crippen LogP contribution in [0.25, 0.3) is 6.08 Å². The number of fused-ring (bicyclic) bond motifs is 1. The molecular weight excluding hydrogens is 326 g/mol. The number of ether oxygens (including phenoxy) is 1. The number of hydrogen-bond acceptors (Lipinski definition) is 4. The SMILES string of the molecule is C=CCc1cc(C=C2Oc3cc(NC)ccc3C2=O)cc(CC=C)c1O. The number of allylic oxidation sites excluding steroid dienone is 3. The Kier molecular flexibility index (Phi) is 4.94. The first-order valence-electron chi connectivity index (χ1n) is 8.40. The molecule has 4 heteroatoms. The highest BCUT2D eigenvalue weighted by atomic mass is 16.5. The molecule has 2 aromatic rings. The minimum absolute atomic E-state index is 0.147. The lowest BCUT2D eigenvalue weighted by Gasteiger charge is -2.10. The van der Waals surface area contributed by atoms with Crippen molar-refractivity contribution in [2.45, 2.75) is 12.8 Å². The summed E-state index contributed by atoms with van der Waals surface area (Å²) in [6.07, 6.45) is 6.24. The smallest absolute Gasteiger partial charge is 0.231 e. The molecule has 0 aliphatic carbocycles. The van der Waals surface area contributed by atoms with Crippen LogP contribution in [-0.2, 0) is 12.8 Å². The molecule has 0 unspecified atom stereocenters. The summed E-state index contributed by atoms with van der Waals surface area (Å²) >= 11 is 0. The molecule has 26 heavy (non-hydrogen) atoms. The number of benzene rings is 2. The van der Waals surface area contributed by atoms with Gasteiger partial charge in [0.15, 0.2) is 5.76 Å². The monoisotopic (exact) mass is 347 g/mol. The van der Waals surface area contributed by atoms with E-state index in [0.29, 0.717) is 24.2 Å². The van der Waals surface area contributed by atoms with Gasteiger partial charge in [0.25, 0.3) is 0 Å². The third kappa shape index (κ3) is 3.26. The summed E-state index contributed by atoms with van der Waals surface area (Å²) in [5.41, 5.74) is 3.73. The topological polar surface area (TPSA) is 58.6 Å². The number of phenolic OH excluding ortho intramolecular Hbond substituents is 1. The van der Waals surface area contributed by atoms with Crippen molar-refractivity contribution in [1.82, 2.24) is 0 Å². The fourth-order valence-electron chi connectivity index (χ4n) is 2.99. The fourth-order valence-corrected chi connectivity index (χ4v) is 2.99. The van der Waals surface area contributed by atoms with Crippen LogP contribution in [0.3, 0.4) is 0 Å². The minimum Gasteiger partial charge on any atom is -0.507 e. The molecule has 0 amide bonds. The Hall–Kier alpha value is -3.27. The zero-order valence-electron chi connectivity index (χ0n) is 14.7. The van der Waals surface area contributed by atoms with Crippen LogP contribution in [0.4, 0.5) is 5.69 Å². The number of rotatable bonds is 6. The molecule has 0 saturated heterocycles. The Balaban J connectivity index is 2.01. The molecule has 0 radical (unpaired) electrons. The summed E-state index contributed by atoms with van der Waals surface area (Å²) in [5.74, 6) is 0.913. The third-order valence-corrected chi connectivity index (χ3v) is 4.28. The largest absolute Gasteiger partial charge is 0.507 e. The molecular formula is C22H21NO3. The molecule has 132 valence electrons. The molecule has 1 heterocycles. The van der Waals surface area contributed by atoms with Gasteiger partial charge in [-0.2, -0.15) is 0 Å². The zero-order valence-corrected chi connectivity index (χ0v) is 14.7. The van der Waals surface area contributed by atoms with E-state index in [1.807, 2.05) is 25.2 Å². The Labute approximate surface area is 153 Å². The first-order valence-corrected chi connectivity index (χ1v) is 8.40. The molecule has 3 rings (SSSR count). The molecule has 4 nitrogen and oxygen atoms in total. The highest BCUT2D eigenvalue weighted by Gasteiger charge is 2.27. The Morgan fingerprint density at radius 1 is 1.12 bits per heavy atom. The number of nitrogens with one attached hydrogen (secondary N) is 1. The number of carbonyl (C=O) groups is 1. The normalized spacial score (nSPS) is 14.0. The van der Waals surface area contributed by atoms with Gasteiger partial charge in [-0.05, 0) is 59.9 Å². The number of ketones is 1. The lowest BCUT2D eigenvalue weighted by molar-refractivity contribution is 0.101. The average Bonchev–Trinajstić information content (AvgIpc) is 2.94. The molecule has 0 saturated carbocycles. The van der Waals surface area contributed by atoms with Crippen molar-refractivity contribution in [3.63, 3.8) is 0 Å². The van der Waals surface area contributed by atoms with E-state index in [-0.39, 0.29) is 17.3 Å². The maximum absolute atomic E-state index is 12.6. The molecule has 1 aliphatic heterocycles. The van der Waals surface area contributed by atoms with E-state index in [1.54, 1.807) is 30.4 Å². The van der Waals surface area contributed by atoms with E-state index in [1.165, 1.54) is 0 Å². The van der Waals surface area contributed by atoms with E-state index in [4.69, 9.17) is 4.74 Å². The second-order valence-electron chi connectivity index (χ2n) is 6.07. The third-order valence-electron chi connectivity index (χ3n) is 4.28. The van der Waals surface area contributed by atoms with Gasteiger partial charge >= 0.3 is 0 Å². The van der Waals surface area contributed by atoms with Crippen LogP contribution in [0.5, 0.6) is 11.5 Å². The summed E-state index contributed by atoms with van der Waals surface area (Å²) in [4.78, 5) is 12.6. The number of aromatic hydroxyl groups is 1. The van der Waals surface area contributed by atoms with Gasteiger partial charge in [-0.1, -0.05) is 12.2 Å². The highest BCUT2D eigenvalue weighted by molar-refractivity contribution is 6.14. The lowest BCUT2D eigenvalue weighted by Crippen LogP contribution is -1.99. The molecule has 0 bridgehead atoms. The summed E-state index contributed by atoms with van der Waals surface area (Å²) < 4.78 is 5.76. The molecule has 0 fully saturated rings. The van der Waals surface area contributed by atoms with Crippen LogP contribution in [-0.4, -0.2) is 17.9 Å². The number of carbonyl (C=O) groups excluding carboxylic acids is 1. The average molecular weight is 347 g/mol. The summed E-state index contributed by atoms with van der Waals surface area (Å²) in [5, 5.41) is 13.4.